The zero-order chi connectivity index (χ0) is 14.9. The van der Waals surface area contributed by atoms with Crippen molar-refractivity contribution in [1.29, 1.82) is 0 Å². The van der Waals surface area contributed by atoms with Crippen LogP contribution >= 0.6 is 10.7 Å². The summed E-state index contributed by atoms with van der Waals surface area (Å²) in [6.45, 7) is 0. The summed E-state index contributed by atoms with van der Waals surface area (Å²) in [5.41, 5.74) is 1.28. The van der Waals surface area contributed by atoms with E-state index >= 15 is 0 Å². The average molecular weight is 320 g/mol. The van der Waals surface area contributed by atoms with E-state index in [1.807, 2.05) is 24.3 Å². The second kappa shape index (κ2) is 5.35. The number of benzene rings is 2. The third kappa shape index (κ3) is 2.84. The summed E-state index contributed by atoms with van der Waals surface area (Å²) in [5, 5.41) is -0.269. The summed E-state index contributed by atoms with van der Waals surface area (Å²) >= 11 is 0. The van der Waals surface area contributed by atoms with Gasteiger partial charge in [0, 0.05) is 21.8 Å². The maximum absolute atomic E-state index is 11.7. The first kappa shape index (κ1) is 13.9. The lowest BCUT2D eigenvalue weighted by Gasteiger charge is -1.97. The predicted octanol–water partition coefficient (Wildman–Crippen LogP) is 3.94. The quantitative estimate of drug-likeness (QED) is 0.686. The minimum absolute atomic E-state index is 0.143. The molecule has 0 atom stereocenters. The Hall–Kier alpha value is -2.11. The lowest BCUT2D eigenvalue weighted by molar-refractivity contribution is 0.583. The molecule has 0 aliphatic heterocycles. The van der Waals surface area contributed by atoms with E-state index in [0.29, 0.717) is 11.1 Å². The molecule has 0 aliphatic rings. The maximum atomic E-state index is 11.7. The maximum Gasteiger partial charge on any atom is 0.282 e. The van der Waals surface area contributed by atoms with Crippen molar-refractivity contribution in [2.24, 2.45) is 0 Å². The second-order valence-electron chi connectivity index (χ2n) is 4.32. The zero-order valence-electron chi connectivity index (χ0n) is 10.7. The van der Waals surface area contributed by atoms with Gasteiger partial charge in [0.25, 0.3) is 9.05 Å². The van der Waals surface area contributed by atoms with Gasteiger partial charge in [-0.05, 0) is 12.1 Å². The third-order valence-electron chi connectivity index (χ3n) is 2.88. The molecule has 6 heteroatoms. The summed E-state index contributed by atoms with van der Waals surface area (Å²) in [6.07, 6.45) is 0. The molecule has 0 amide bonds. The predicted molar refractivity (Wildman–Crippen MR) is 80.4 cm³/mol. The van der Waals surface area contributed by atoms with Gasteiger partial charge in [-0.15, -0.1) is 0 Å². The number of oxazole rings is 1. The van der Waals surface area contributed by atoms with Gasteiger partial charge in [-0.2, -0.15) is 4.98 Å². The highest BCUT2D eigenvalue weighted by atomic mass is 35.7. The molecule has 1 aromatic heterocycles. The average Bonchev–Trinajstić information content (AvgIpc) is 2.94. The van der Waals surface area contributed by atoms with Gasteiger partial charge >= 0.3 is 0 Å². The van der Waals surface area contributed by atoms with Crippen LogP contribution in [-0.2, 0) is 9.05 Å². The number of aromatic nitrogens is 1. The normalized spacial score (nSPS) is 11.5. The van der Waals surface area contributed by atoms with Crippen molar-refractivity contribution in [2.45, 2.75) is 5.03 Å². The van der Waals surface area contributed by atoms with Gasteiger partial charge in [-0.1, -0.05) is 48.5 Å². The molecule has 21 heavy (non-hydrogen) atoms. The van der Waals surface area contributed by atoms with Crippen LogP contribution in [0.15, 0.2) is 70.1 Å². The summed E-state index contributed by atoms with van der Waals surface area (Å²) in [6, 6.07) is 17.9. The minimum Gasteiger partial charge on any atom is -0.435 e. The molecule has 0 fully saturated rings. The molecule has 3 rings (SSSR count). The lowest BCUT2D eigenvalue weighted by atomic mass is 10.2. The smallest absolute Gasteiger partial charge is 0.282 e. The van der Waals surface area contributed by atoms with Crippen LogP contribution in [-0.4, -0.2) is 13.4 Å². The van der Waals surface area contributed by atoms with E-state index in [9.17, 15) is 8.42 Å². The Morgan fingerprint density at radius 1 is 0.857 bits per heavy atom. The monoisotopic (exact) mass is 319 g/mol. The molecule has 0 unspecified atom stereocenters. The fourth-order valence-electron chi connectivity index (χ4n) is 1.95. The molecule has 0 saturated heterocycles. The fraction of sp³-hybridized carbons (Fsp3) is 0. The first-order valence-electron chi connectivity index (χ1n) is 6.12. The van der Waals surface area contributed by atoms with E-state index < -0.39 is 9.05 Å². The van der Waals surface area contributed by atoms with Gasteiger partial charge in [0.1, 0.15) is 0 Å². The van der Waals surface area contributed by atoms with Crippen molar-refractivity contribution in [1.82, 2.24) is 4.98 Å². The van der Waals surface area contributed by atoms with Crippen molar-refractivity contribution in [3.63, 3.8) is 0 Å². The molecule has 4 nitrogen and oxygen atoms in total. The molecule has 0 aliphatic carbocycles. The molecule has 0 radical (unpaired) electrons. The number of halogens is 1. The van der Waals surface area contributed by atoms with E-state index in [1.54, 1.807) is 36.4 Å². The molecule has 1 heterocycles. The molecule has 0 saturated carbocycles. The SMILES string of the molecule is O=S(=O)(Cl)c1nc(-c2ccccc2)oc1-c1ccccc1. The summed E-state index contributed by atoms with van der Waals surface area (Å²) in [4.78, 5) is 4.04. The van der Waals surface area contributed by atoms with Crippen molar-refractivity contribution in [3.05, 3.63) is 60.7 Å². The Bertz CT molecular complexity index is 858. The van der Waals surface area contributed by atoms with Crippen LogP contribution in [0.3, 0.4) is 0 Å². The van der Waals surface area contributed by atoms with Crippen molar-refractivity contribution in [2.75, 3.05) is 0 Å². The van der Waals surface area contributed by atoms with E-state index in [4.69, 9.17) is 15.1 Å². The first-order valence-corrected chi connectivity index (χ1v) is 8.43. The van der Waals surface area contributed by atoms with Crippen LogP contribution in [0.1, 0.15) is 0 Å². The van der Waals surface area contributed by atoms with E-state index in [1.165, 1.54) is 0 Å². The molecule has 0 spiro atoms. The van der Waals surface area contributed by atoms with Crippen LogP contribution < -0.4 is 0 Å². The van der Waals surface area contributed by atoms with Crippen molar-refractivity contribution in [3.8, 4) is 22.8 Å². The summed E-state index contributed by atoms with van der Waals surface area (Å²) in [7, 11) is 1.46. The number of nitrogens with zero attached hydrogens (tertiary/aromatic N) is 1. The molecule has 3 aromatic rings. The molecule has 106 valence electrons. The largest absolute Gasteiger partial charge is 0.435 e. The fourth-order valence-corrected chi connectivity index (χ4v) is 2.83. The van der Waals surface area contributed by atoms with Gasteiger partial charge in [-0.25, -0.2) is 8.42 Å². The molecule has 0 N–H and O–H groups in total. The third-order valence-corrected chi connectivity index (χ3v) is 4.06. The number of hydrogen-bond donors (Lipinski definition) is 0. The van der Waals surface area contributed by atoms with Crippen LogP contribution in [0.25, 0.3) is 22.8 Å². The Labute approximate surface area is 126 Å². The highest BCUT2D eigenvalue weighted by Crippen LogP contribution is 2.33. The van der Waals surface area contributed by atoms with Crippen LogP contribution in [0, 0.1) is 0 Å². The van der Waals surface area contributed by atoms with E-state index in [2.05, 4.69) is 4.98 Å². The molecule has 2 aromatic carbocycles. The van der Waals surface area contributed by atoms with Gasteiger partial charge in [0.05, 0.1) is 0 Å². The molecular formula is C15H10ClNO3S. The lowest BCUT2D eigenvalue weighted by Crippen LogP contribution is -1.93. The topological polar surface area (TPSA) is 60.2 Å². The van der Waals surface area contributed by atoms with Crippen LogP contribution in [0.4, 0.5) is 0 Å². The van der Waals surface area contributed by atoms with Crippen LogP contribution in [0.5, 0.6) is 0 Å². The Morgan fingerprint density at radius 3 is 1.90 bits per heavy atom. The Kier molecular flexibility index (Phi) is 3.53. The zero-order valence-corrected chi connectivity index (χ0v) is 12.3. The van der Waals surface area contributed by atoms with Gasteiger partial charge in [0.2, 0.25) is 10.9 Å². The number of hydrogen-bond acceptors (Lipinski definition) is 4. The Balaban J connectivity index is 2.22. The molecule has 0 bridgehead atoms. The van der Waals surface area contributed by atoms with Crippen LogP contribution in [0.2, 0.25) is 0 Å². The van der Waals surface area contributed by atoms with Crippen molar-refractivity contribution < 1.29 is 12.8 Å². The van der Waals surface area contributed by atoms with Gasteiger partial charge < -0.3 is 4.42 Å². The highest BCUT2D eigenvalue weighted by Gasteiger charge is 2.25. The van der Waals surface area contributed by atoms with Gasteiger partial charge in [0.15, 0.2) is 5.76 Å². The standard InChI is InChI=1S/C15H10ClNO3S/c16-21(18,19)15-13(11-7-3-1-4-8-11)20-14(17-15)12-9-5-2-6-10-12/h1-10H. The van der Waals surface area contributed by atoms with E-state index in [0.717, 1.165) is 0 Å². The summed E-state index contributed by atoms with van der Waals surface area (Å²) in [5.74, 6) is 0.359. The summed E-state index contributed by atoms with van der Waals surface area (Å²) < 4.78 is 29.1. The van der Waals surface area contributed by atoms with Gasteiger partial charge in [-0.3, -0.25) is 0 Å². The van der Waals surface area contributed by atoms with Crippen molar-refractivity contribution >= 4 is 19.7 Å². The van der Waals surface area contributed by atoms with E-state index in [-0.39, 0.29) is 16.7 Å². The Morgan fingerprint density at radius 2 is 1.38 bits per heavy atom. The second-order valence-corrected chi connectivity index (χ2v) is 6.80. The number of rotatable bonds is 3. The highest BCUT2D eigenvalue weighted by molar-refractivity contribution is 8.13. The first-order chi connectivity index (χ1) is 10.1. The molecular weight excluding hydrogens is 310 g/mol. The minimum atomic E-state index is -4.00.